The number of amides is 1. The van der Waals surface area contributed by atoms with Crippen molar-refractivity contribution in [2.75, 3.05) is 12.0 Å². The van der Waals surface area contributed by atoms with Crippen molar-refractivity contribution in [3.8, 4) is 5.75 Å². The number of carbonyl (C=O) groups excluding carboxylic acids is 2. The first kappa shape index (κ1) is 16.4. The summed E-state index contributed by atoms with van der Waals surface area (Å²) < 4.78 is 5.38. The molecule has 0 saturated carbocycles. The average molecular weight is 326 g/mol. The Bertz CT molecular complexity index is 814. The number of hydrogen-bond donors (Lipinski definition) is 0. The van der Waals surface area contributed by atoms with E-state index in [1.54, 1.807) is 18.2 Å². The van der Waals surface area contributed by atoms with Crippen molar-refractivity contribution in [3.05, 3.63) is 30.0 Å². The second-order valence-electron chi connectivity index (χ2n) is 6.38. The third kappa shape index (κ3) is 2.35. The van der Waals surface area contributed by atoms with Crippen LogP contribution in [0.2, 0.25) is 0 Å². The summed E-state index contributed by atoms with van der Waals surface area (Å²) in [7, 11) is 1.59. The highest BCUT2D eigenvalue weighted by atomic mass is 16.5. The molecule has 0 N–H and O–H groups in total. The Morgan fingerprint density at radius 1 is 1.29 bits per heavy atom. The number of para-hydroxylation sites is 1. The van der Waals surface area contributed by atoms with Crippen molar-refractivity contribution in [3.63, 3.8) is 0 Å². The maximum absolute atomic E-state index is 13.0. The van der Waals surface area contributed by atoms with Gasteiger partial charge in [0, 0.05) is 17.6 Å². The molecule has 0 aliphatic carbocycles. The first-order valence-electron chi connectivity index (χ1n) is 8.34. The third-order valence-corrected chi connectivity index (χ3v) is 4.50. The van der Waals surface area contributed by atoms with Crippen LogP contribution < -0.4 is 9.64 Å². The van der Waals surface area contributed by atoms with Crippen molar-refractivity contribution in [2.24, 2.45) is 5.92 Å². The number of benzene rings is 1. The van der Waals surface area contributed by atoms with E-state index in [0.717, 1.165) is 11.8 Å². The monoisotopic (exact) mass is 326 g/mol. The lowest BCUT2D eigenvalue weighted by atomic mass is 9.86. The molecule has 5 heteroatoms. The summed E-state index contributed by atoms with van der Waals surface area (Å²) in [5, 5.41) is 0.775. The largest absolute Gasteiger partial charge is 0.494 e. The number of methoxy groups -OCH3 is 1. The number of nitrogens with zero attached hydrogens (tertiary/aromatic N) is 2. The molecule has 126 valence electrons. The summed E-state index contributed by atoms with van der Waals surface area (Å²) >= 11 is 0. The highest BCUT2D eigenvalue weighted by Crippen LogP contribution is 2.40. The SMILES string of the molecule is CCCC1C(=O)c2cnc3c(OC)cccc3c2N(C(C)C)C1=O. The van der Waals surface area contributed by atoms with E-state index < -0.39 is 5.92 Å². The first-order valence-corrected chi connectivity index (χ1v) is 8.34. The van der Waals surface area contributed by atoms with Crippen LogP contribution >= 0.6 is 0 Å². The van der Waals surface area contributed by atoms with Crippen molar-refractivity contribution >= 4 is 28.3 Å². The van der Waals surface area contributed by atoms with Crippen LogP contribution in [0.3, 0.4) is 0 Å². The second-order valence-corrected chi connectivity index (χ2v) is 6.38. The fraction of sp³-hybridized carbons (Fsp3) is 0.421. The molecule has 0 saturated heterocycles. The molecule has 5 nitrogen and oxygen atoms in total. The molecular weight excluding hydrogens is 304 g/mol. The second kappa shape index (κ2) is 6.23. The molecule has 1 aliphatic heterocycles. The number of aromatic nitrogens is 1. The number of pyridine rings is 1. The predicted octanol–water partition coefficient (Wildman–Crippen LogP) is 3.60. The standard InChI is InChI=1S/C19H22N2O3/c1-5-7-13-18(22)14-10-20-16-12(8-6-9-15(16)24-4)17(14)21(11(2)3)19(13)23/h6,8-11,13H,5,7H2,1-4H3. The molecule has 1 unspecified atom stereocenters. The Morgan fingerprint density at radius 3 is 2.67 bits per heavy atom. The fourth-order valence-corrected chi connectivity index (χ4v) is 3.42. The van der Waals surface area contributed by atoms with Crippen LogP contribution in [0.15, 0.2) is 24.4 Å². The normalized spacial score (nSPS) is 17.5. The van der Waals surface area contributed by atoms with Gasteiger partial charge in [-0.15, -0.1) is 0 Å². The van der Waals surface area contributed by atoms with Crippen molar-refractivity contribution in [2.45, 2.75) is 39.7 Å². The number of fused-ring (bicyclic) bond motifs is 3. The molecule has 3 rings (SSSR count). The van der Waals surface area contributed by atoms with Gasteiger partial charge in [-0.25, -0.2) is 0 Å². The lowest BCUT2D eigenvalue weighted by Crippen LogP contribution is -2.48. The lowest BCUT2D eigenvalue weighted by Gasteiger charge is -2.36. The van der Waals surface area contributed by atoms with Crippen LogP contribution in [-0.4, -0.2) is 29.8 Å². The first-order chi connectivity index (χ1) is 11.5. The molecule has 0 fully saturated rings. The van der Waals surface area contributed by atoms with Gasteiger partial charge in [-0.3, -0.25) is 14.6 Å². The molecule has 1 atom stereocenters. The topological polar surface area (TPSA) is 59.5 Å². The quantitative estimate of drug-likeness (QED) is 0.806. The van der Waals surface area contributed by atoms with Crippen LogP contribution in [0.25, 0.3) is 10.9 Å². The van der Waals surface area contributed by atoms with E-state index in [4.69, 9.17) is 4.74 Å². The molecule has 1 aromatic heterocycles. The summed E-state index contributed by atoms with van der Waals surface area (Å²) in [5.41, 5.74) is 1.86. The van der Waals surface area contributed by atoms with Crippen LogP contribution in [0, 0.1) is 5.92 Å². The number of rotatable bonds is 4. The van der Waals surface area contributed by atoms with Gasteiger partial charge >= 0.3 is 0 Å². The zero-order chi connectivity index (χ0) is 17.4. The molecule has 2 heterocycles. The van der Waals surface area contributed by atoms with Crippen LogP contribution in [0.4, 0.5) is 5.69 Å². The molecular formula is C19H22N2O3. The van der Waals surface area contributed by atoms with Crippen LogP contribution in [0.1, 0.15) is 44.0 Å². The molecule has 1 aliphatic rings. The van der Waals surface area contributed by atoms with Gasteiger partial charge in [0.25, 0.3) is 0 Å². The van der Waals surface area contributed by atoms with Gasteiger partial charge in [0.05, 0.1) is 18.4 Å². The Morgan fingerprint density at radius 2 is 2.04 bits per heavy atom. The Kier molecular flexibility index (Phi) is 4.26. The van der Waals surface area contributed by atoms with Crippen LogP contribution in [0.5, 0.6) is 5.75 Å². The van der Waals surface area contributed by atoms with Crippen molar-refractivity contribution in [1.29, 1.82) is 0 Å². The molecule has 2 aromatic rings. The molecule has 24 heavy (non-hydrogen) atoms. The Balaban J connectivity index is 2.32. The highest BCUT2D eigenvalue weighted by Gasteiger charge is 2.41. The van der Waals surface area contributed by atoms with E-state index in [-0.39, 0.29) is 17.7 Å². The summed E-state index contributed by atoms with van der Waals surface area (Å²) in [6.45, 7) is 5.92. The number of ketones is 1. The molecule has 1 amide bonds. The predicted molar refractivity (Wildman–Crippen MR) is 93.6 cm³/mol. The van der Waals surface area contributed by atoms with Crippen LogP contribution in [-0.2, 0) is 4.79 Å². The number of Topliss-reactive ketones (excluding diaryl/α,β-unsaturated/α-hetero) is 1. The maximum atomic E-state index is 13.0. The minimum atomic E-state index is -0.602. The summed E-state index contributed by atoms with van der Waals surface area (Å²) in [6.07, 6.45) is 2.95. The minimum Gasteiger partial charge on any atom is -0.494 e. The van der Waals surface area contributed by atoms with Gasteiger partial charge in [-0.05, 0) is 26.3 Å². The number of ether oxygens (including phenoxy) is 1. The lowest BCUT2D eigenvalue weighted by molar-refractivity contribution is -0.121. The minimum absolute atomic E-state index is 0.0412. The molecule has 0 spiro atoms. The summed E-state index contributed by atoms with van der Waals surface area (Å²) in [6, 6.07) is 5.53. The zero-order valence-corrected chi connectivity index (χ0v) is 14.5. The number of carbonyl (C=O) groups is 2. The Labute approximate surface area is 141 Å². The highest BCUT2D eigenvalue weighted by molar-refractivity contribution is 6.25. The molecule has 0 radical (unpaired) electrons. The van der Waals surface area contributed by atoms with Gasteiger partial charge in [-0.2, -0.15) is 0 Å². The molecule has 1 aromatic carbocycles. The van der Waals surface area contributed by atoms with E-state index in [1.807, 2.05) is 39.0 Å². The number of hydrogen-bond acceptors (Lipinski definition) is 4. The smallest absolute Gasteiger partial charge is 0.238 e. The van der Waals surface area contributed by atoms with Gasteiger partial charge in [0.1, 0.15) is 17.2 Å². The van der Waals surface area contributed by atoms with Crippen molar-refractivity contribution < 1.29 is 14.3 Å². The van der Waals surface area contributed by atoms with E-state index in [2.05, 4.69) is 4.98 Å². The summed E-state index contributed by atoms with van der Waals surface area (Å²) in [5.74, 6) is -0.199. The van der Waals surface area contributed by atoms with Crippen molar-refractivity contribution in [1.82, 2.24) is 4.98 Å². The summed E-state index contributed by atoms with van der Waals surface area (Å²) in [4.78, 5) is 32.0. The van der Waals surface area contributed by atoms with E-state index >= 15 is 0 Å². The zero-order valence-electron chi connectivity index (χ0n) is 14.5. The third-order valence-electron chi connectivity index (χ3n) is 4.50. The van der Waals surface area contributed by atoms with Gasteiger partial charge in [0.15, 0.2) is 5.78 Å². The van der Waals surface area contributed by atoms with Gasteiger partial charge < -0.3 is 9.64 Å². The van der Waals surface area contributed by atoms with Gasteiger partial charge in [0.2, 0.25) is 5.91 Å². The maximum Gasteiger partial charge on any atom is 0.238 e. The van der Waals surface area contributed by atoms with E-state index in [1.165, 1.54) is 0 Å². The molecule has 0 bridgehead atoms. The van der Waals surface area contributed by atoms with E-state index in [0.29, 0.717) is 28.9 Å². The number of anilines is 1. The Hall–Kier alpha value is -2.43. The van der Waals surface area contributed by atoms with Gasteiger partial charge in [-0.1, -0.05) is 25.5 Å². The van der Waals surface area contributed by atoms with E-state index in [9.17, 15) is 9.59 Å². The average Bonchev–Trinajstić information content (AvgIpc) is 2.57. The fourth-order valence-electron chi connectivity index (χ4n) is 3.42.